The molecule has 107 heavy (non-hydrogen) atoms. The predicted molar refractivity (Wildman–Crippen MR) is 469 cm³/mol. The van der Waals surface area contributed by atoms with E-state index in [1.807, 2.05) is 213 Å². The van der Waals surface area contributed by atoms with E-state index in [2.05, 4.69) is 276 Å². The number of rotatable bonds is 1. The summed E-state index contributed by atoms with van der Waals surface area (Å²) in [6, 6.07) is 123. The Balaban J connectivity index is 0.000000168. The molecule has 7 heterocycles. The molecule has 0 radical (unpaired) electrons. The maximum Gasteiger partial charge on any atom is 0.135 e. The molecule has 0 N–H and O–H groups in total. The Bertz CT molecular complexity index is 4940. The Kier molecular flexibility index (Phi) is 35.6. The van der Waals surface area contributed by atoms with Crippen LogP contribution < -0.4 is 0 Å². The van der Waals surface area contributed by atoms with Crippen molar-refractivity contribution in [2.45, 2.75) is 83.1 Å². The van der Waals surface area contributed by atoms with E-state index in [4.69, 9.17) is 4.42 Å². The van der Waals surface area contributed by atoms with E-state index in [1.165, 1.54) is 108 Å². The highest BCUT2D eigenvalue weighted by Gasteiger charge is 2.11. The summed E-state index contributed by atoms with van der Waals surface area (Å²) < 4.78 is 13.0. The van der Waals surface area contributed by atoms with Crippen LogP contribution in [-0.4, -0.2) is 24.1 Å². The minimum absolute atomic E-state index is 0.962. The number of fused-ring (bicyclic) bond motifs is 12. The molecule has 7 heteroatoms. The average molecular weight is 1420 g/mol. The van der Waals surface area contributed by atoms with Gasteiger partial charge in [0.05, 0.1) is 11.0 Å². The van der Waals surface area contributed by atoms with Gasteiger partial charge in [0.15, 0.2) is 0 Å². The van der Waals surface area contributed by atoms with Crippen molar-refractivity contribution in [2.24, 2.45) is 7.05 Å². The van der Waals surface area contributed by atoms with Gasteiger partial charge in [-0.3, -0.25) is 15.0 Å². The van der Waals surface area contributed by atoms with Crippen molar-refractivity contribution in [3.8, 4) is 5.69 Å². The first-order chi connectivity index (χ1) is 52.6. The molecule has 19 aromatic rings. The number of aromatic nitrogens is 5. The number of para-hydroxylation sites is 7. The van der Waals surface area contributed by atoms with Crippen LogP contribution in [0.3, 0.4) is 0 Å². The molecule has 0 atom stereocenters. The number of nitrogens with zero attached hydrogens (tertiary/aromatic N) is 5. The summed E-state index contributed by atoms with van der Waals surface area (Å²) in [6.07, 6.45) is 8.97. The third-order valence-corrected chi connectivity index (χ3v) is 17.4. The molecule has 6 nitrogen and oxygen atoms in total. The molecule has 540 valence electrons. The number of benzene rings is 12. The molecule has 0 aliphatic rings. The molecule has 0 saturated heterocycles. The molecule has 12 aromatic carbocycles. The Morgan fingerprint density at radius 2 is 0.570 bits per heavy atom. The van der Waals surface area contributed by atoms with Gasteiger partial charge in [0.2, 0.25) is 0 Å². The van der Waals surface area contributed by atoms with Crippen LogP contribution in [0.5, 0.6) is 0 Å². The standard InChI is InChI=1S/C18H13N.C13H11N.C12H8O.C12H8S.3C7H8.3C6H7N.3C2H6/c1-2-8-14(9-3-1)19-17-12-6-4-10-15(17)16-11-5-7-13-18(16)19;1-14-12-8-4-2-6-10(12)11-7-3-5-9-13(11)14;2*1-3-7-11-9(5-1)10-6-2-4-8-12(10)13-11;3*1-7-5-3-2-4-6-7;1-6-2-4-7-5-3-6;1-6-3-2-4-7-5-6;1-6-4-2-3-5-7-6;3*1-2/h1-13H;2-9H,1H3;2*1-8H;3*2-6H,1H3;3*2-5H,1H3;3*1-2H3. The fourth-order valence-electron chi connectivity index (χ4n) is 11.2. The van der Waals surface area contributed by atoms with Crippen LogP contribution in [0.15, 0.2) is 393 Å². The summed E-state index contributed by atoms with van der Waals surface area (Å²) in [5.74, 6) is 0. The van der Waals surface area contributed by atoms with Gasteiger partial charge < -0.3 is 13.6 Å². The van der Waals surface area contributed by atoms with Crippen molar-refractivity contribution >= 4 is 97.1 Å². The van der Waals surface area contributed by atoms with Crippen LogP contribution in [0.4, 0.5) is 0 Å². The predicted octanol–water partition coefficient (Wildman–Crippen LogP) is 29.0. The molecule has 0 aliphatic heterocycles. The minimum Gasteiger partial charge on any atom is -0.456 e. The fraction of sp³-hybridized carbons (Fsp3) is 0.130. The Labute approximate surface area is 639 Å². The van der Waals surface area contributed by atoms with Crippen LogP contribution in [0.2, 0.25) is 0 Å². The lowest BCUT2D eigenvalue weighted by Gasteiger charge is -2.06. The van der Waals surface area contributed by atoms with Gasteiger partial charge in [-0.2, -0.15) is 0 Å². The number of hydrogen-bond donors (Lipinski definition) is 0. The smallest absolute Gasteiger partial charge is 0.135 e. The topological polar surface area (TPSA) is 61.7 Å². The summed E-state index contributed by atoms with van der Waals surface area (Å²) in [7, 11) is 2.12. The molecular formula is C100H103N5OS. The summed E-state index contributed by atoms with van der Waals surface area (Å²) >= 11 is 1.86. The molecule has 0 saturated carbocycles. The quantitative estimate of drug-likeness (QED) is 0.164. The van der Waals surface area contributed by atoms with Gasteiger partial charge in [-0.25, -0.2) is 0 Å². The van der Waals surface area contributed by atoms with Crippen molar-refractivity contribution in [1.82, 2.24) is 24.1 Å². The minimum atomic E-state index is 0.962. The summed E-state index contributed by atoms with van der Waals surface area (Å²) in [5.41, 5.74) is 15.8. The van der Waals surface area contributed by atoms with Gasteiger partial charge >= 0.3 is 0 Å². The van der Waals surface area contributed by atoms with E-state index in [0.717, 1.165) is 16.9 Å². The van der Waals surface area contributed by atoms with Crippen LogP contribution >= 0.6 is 11.3 Å². The molecule has 0 fully saturated rings. The van der Waals surface area contributed by atoms with Gasteiger partial charge in [-0.15, -0.1) is 11.3 Å². The van der Waals surface area contributed by atoms with Crippen molar-refractivity contribution in [3.05, 3.63) is 422 Å². The summed E-state index contributed by atoms with van der Waals surface area (Å²) in [6.45, 7) is 24.3. The second-order valence-corrected chi connectivity index (χ2v) is 25.1. The highest BCUT2D eigenvalue weighted by molar-refractivity contribution is 7.25. The van der Waals surface area contributed by atoms with Gasteiger partial charge in [0, 0.05) is 113 Å². The Morgan fingerprint density at radius 3 is 0.888 bits per heavy atom. The maximum absolute atomic E-state index is 5.65. The highest BCUT2D eigenvalue weighted by atomic mass is 32.1. The van der Waals surface area contributed by atoms with Crippen molar-refractivity contribution in [1.29, 1.82) is 0 Å². The molecule has 7 aromatic heterocycles. The van der Waals surface area contributed by atoms with Crippen molar-refractivity contribution in [2.75, 3.05) is 0 Å². The van der Waals surface area contributed by atoms with E-state index in [1.54, 1.807) is 24.8 Å². The zero-order valence-corrected chi connectivity index (χ0v) is 65.3. The SMILES string of the molecule is CC.CC.CC.Cc1ccccc1.Cc1ccccc1.Cc1ccccc1.Cc1ccccn1.Cc1cccnc1.Cc1ccncc1.Cn1c2ccccc2c2ccccc21.c1ccc(-n2c3ccccc3c3ccccc32)cc1.c1ccc2c(c1)oc1ccccc12.c1ccc2c(c1)sc1ccccc12. The molecule has 0 aliphatic carbocycles. The summed E-state index contributed by atoms with van der Waals surface area (Å²) in [5, 5.41) is 10.4. The molecule has 0 amide bonds. The number of pyridine rings is 3. The van der Waals surface area contributed by atoms with Crippen molar-refractivity contribution < 1.29 is 4.42 Å². The van der Waals surface area contributed by atoms with Crippen molar-refractivity contribution in [3.63, 3.8) is 0 Å². The van der Waals surface area contributed by atoms with Gasteiger partial charge in [0.1, 0.15) is 11.2 Å². The number of thiophene rings is 1. The molecule has 0 bridgehead atoms. The van der Waals surface area contributed by atoms with Gasteiger partial charge in [-0.1, -0.05) is 325 Å². The van der Waals surface area contributed by atoms with E-state index < -0.39 is 0 Å². The highest BCUT2D eigenvalue weighted by Crippen LogP contribution is 2.34. The molecular weight excluding hydrogens is 1320 g/mol. The lowest BCUT2D eigenvalue weighted by molar-refractivity contribution is 0.669. The second-order valence-electron chi connectivity index (χ2n) is 24.0. The Morgan fingerprint density at radius 1 is 0.252 bits per heavy atom. The lowest BCUT2D eigenvalue weighted by Crippen LogP contribution is -1.92. The zero-order chi connectivity index (χ0) is 76.2. The molecule has 0 unspecified atom stereocenters. The monoisotopic (exact) mass is 1420 g/mol. The van der Waals surface area contributed by atoms with Crippen LogP contribution in [0, 0.1) is 41.5 Å². The summed E-state index contributed by atoms with van der Waals surface area (Å²) in [4.78, 5) is 11.7. The first kappa shape index (κ1) is 82.0. The molecule has 19 rings (SSSR count). The molecule has 0 spiro atoms. The lowest BCUT2D eigenvalue weighted by atomic mass is 10.2. The number of aryl methyl sites for hydroxylation is 7. The van der Waals surface area contributed by atoms with E-state index >= 15 is 0 Å². The van der Waals surface area contributed by atoms with Gasteiger partial charge in [-0.05, 0) is 144 Å². The van der Waals surface area contributed by atoms with E-state index in [0.29, 0.717) is 0 Å². The number of hydrogen-bond acceptors (Lipinski definition) is 5. The Hall–Kier alpha value is -12.3. The zero-order valence-electron chi connectivity index (χ0n) is 64.5. The maximum atomic E-state index is 5.65. The largest absolute Gasteiger partial charge is 0.456 e. The normalized spacial score (nSPS) is 9.73. The van der Waals surface area contributed by atoms with Crippen LogP contribution in [0.25, 0.3) is 91.4 Å². The van der Waals surface area contributed by atoms with Crippen LogP contribution in [0.1, 0.15) is 75.1 Å². The van der Waals surface area contributed by atoms with E-state index in [9.17, 15) is 0 Å². The third-order valence-electron chi connectivity index (χ3n) is 16.3. The van der Waals surface area contributed by atoms with Crippen LogP contribution in [-0.2, 0) is 7.05 Å². The van der Waals surface area contributed by atoms with Gasteiger partial charge in [0.25, 0.3) is 0 Å². The number of furan rings is 1. The fourth-order valence-corrected chi connectivity index (χ4v) is 12.3. The third kappa shape index (κ3) is 25.5. The van der Waals surface area contributed by atoms with E-state index in [-0.39, 0.29) is 0 Å². The second kappa shape index (κ2) is 46.4. The first-order valence-electron chi connectivity index (χ1n) is 36.9. The first-order valence-corrected chi connectivity index (χ1v) is 37.8. The average Bonchev–Trinajstić information content (AvgIpc) is 1.60.